The SMILES string of the molecule is CC1(C)O[C@@H]2C[C@H]3[C@@H]4CC(F)=C5[C@H](F)C(=O)C=C[C@]5(C)[C@@]4(Cl)[C@@H](Cl)C[C@]3(C)[C@]2(C(=O)CCl)O1. The van der Waals surface area contributed by atoms with E-state index in [0.717, 1.165) is 6.08 Å². The van der Waals surface area contributed by atoms with Gasteiger partial charge in [0.15, 0.2) is 29.1 Å². The number of alkyl halides is 4. The second-order valence-electron chi connectivity index (χ2n) is 11.0. The van der Waals surface area contributed by atoms with Crippen LogP contribution in [-0.2, 0) is 19.1 Å². The van der Waals surface area contributed by atoms with E-state index in [9.17, 15) is 14.0 Å². The molecule has 1 heterocycles. The van der Waals surface area contributed by atoms with Crippen LogP contribution in [0.1, 0.15) is 47.0 Å². The van der Waals surface area contributed by atoms with Crippen LogP contribution in [-0.4, -0.2) is 51.4 Å². The van der Waals surface area contributed by atoms with Crippen molar-refractivity contribution in [3.05, 3.63) is 23.6 Å². The van der Waals surface area contributed by atoms with Gasteiger partial charge in [0.2, 0.25) is 0 Å². The minimum atomic E-state index is -2.09. The molecule has 0 spiro atoms. The summed E-state index contributed by atoms with van der Waals surface area (Å²) >= 11 is 20.5. The molecular weight excluding hydrogens is 497 g/mol. The fourth-order valence-electron chi connectivity index (χ4n) is 7.87. The lowest BCUT2D eigenvalue weighted by Crippen LogP contribution is -2.68. The van der Waals surface area contributed by atoms with Gasteiger partial charge in [0, 0.05) is 22.8 Å². The van der Waals surface area contributed by atoms with E-state index in [1.54, 1.807) is 20.8 Å². The molecule has 0 radical (unpaired) electrons. The number of halogens is 5. The number of hydrogen-bond acceptors (Lipinski definition) is 4. The second-order valence-corrected chi connectivity index (χ2v) is 12.4. The van der Waals surface area contributed by atoms with E-state index in [0.29, 0.717) is 6.42 Å². The summed E-state index contributed by atoms with van der Waals surface area (Å²) < 4.78 is 43.1. The monoisotopic (exact) mass is 522 g/mol. The van der Waals surface area contributed by atoms with Crippen molar-refractivity contribution in [3.8, 4) is 0 Å². The van der Waals surface area contributed by atoms with Crippen LogP contribution in [0.25, 0.3) is 0 Å². The van der Waals surface area contributed by atoms with Gasteiger partial charge in [-0.3, -0.25) is 9.59 Å². The molecule has 4 aliphatic carbocycles. The zero-order chi connectivity index (χ0) is 24.4. The zero-order valence-corrected chi connectivity index (χ0v) is 21.2. The van der Waals surface area contributed by atoms with Gasteiger partial charge in [-0.25, -0.2) is 8.78 Å². The molecule has 182 valence electrons. The van der Waals surface area contributed by atoms with Gasteiger partial charge in [-0.05, 0) is 44.6 Å². The van der Waals surface area contributed by atoms with Gasteiger partial charge < -0.3 is 9.47 Å². The summed E-state index contributed by atoms with van der Waals surface area (Å²) in [6, 6.07) is 0. The first-order chi connectivity index (χ1) is 15.2. The molecule has 0 aromatic heterocycles. The Bertz CT molecular complexity index is 1010. The first-order valence-electron chi connectivity index (χ1n) is 11.3. The lowest BCUT2D eigenvalue weighted by Gasteiger charge is -2.63. The van der Waals surface area contributed by atoms with Crippen LogP contribution < -0.4 is 0 Å². The predicted molar refractivity (Wildman–Crippen MR) is 121 cm³/mol. The maximum atomic E-state index is 15.6. The normalized spacial score (nSPS) is 52.3. The highest BCUT2D eigenvalue weighted by atomic mass is 35.5. The Balaban J connectivity index is 1.68. The number of ketones is 2. The molecule has 5 rings (SSSR count). The molecule has 33 heavy (non-hydrogen) atoms. The number of rotatable bonds is 2. The molecule has 9 atom stereocenters. The maximum Gasteiger partial charge on any atom is 0.193 e. The lowest BCUT2D eigenvalue weighted by molar-refractivity contribution is -0.210. The van der Waals surface area contributed by atoms with Crippen molar-refractivity contribution in [2.45, 2.75) is 80.9 Å². The average Bonchev–Trinajstić information content (AvgIpc) is 3.13. The third-order valence-electron chi connectivity index (χ3n) is 9.17. The van der Waals surface area contributed by atoms with E-state index >= 15 is 4.39 Å². The molecule has 2 saturated carbocycles. The third-order valence-corrected chi connectivity index (χ3v) is 11.0. The molecule has 0 N–H and O–H groups in total. The molecule has 0 amide bonds. The van der Waals surface area contributed by atoms with Gasteiger partial charge in [-0.15, -0.1) is 34.8 Å². The minimum absolute atomic E-state index is 0.166. The molecule has 9 heteroatoms. The molecule has 1 aliphatic heterocycles. The number of hydrogen-bond donors (Lipinski definition) is 0. The van der Waals surface area contributed by atoms with Crippen molar-refractivity contribution in [2.75, 3.05) is 5.88 Å². The fraction of sp³-hybridized carbons (Fsp3) is 0.750. The zero-order valence-electron chi connectivity index (χ0n) is 18.9. The first-order valence-corrected chi connectivity index (χ1v) is 12.6. The van der Waals surface area contributed by atoms with Gasteiger partial charge in [-0.1, -0.05) is 19.9 Å². The van der Waals surface area contributed by atoms with Crippen molar-refractivity contribution in [1.82, 2.24) is 0 Å². The van der Waals surface area contributed by atoms with Crippen LogP contribution in [0.15, 0.2) is 23.6 Å². The fourth-order valence-corrected chi connectivity index (χ4v) is 9.24. The summed E-state index contributed by atoms with van der Waals surface area (Å²) in [5, 5.41) is -0.769. The third kappa shape index (κ3) is 2.65. The number of allylic oxidation sites excluding steroid dienone is 4. The first kappa shape index (κ1) is 24.2. The Morgan fingerprint density at radius 1 is 1.24 bits per heavy atom. The van der Waals surface area contributed by atoms with Crippen LogP contribution in [0.3, 0.4) is 0 Å². The van der Waals surface area contributed by atoms with Gasteiger partial charge in [-0.2, -0.15) is 0 Å². The van der Waals surface area contributed by atoms with Crippen LogP contribution >= 0.6 is 34.8 Å². The highest BCUT2D eigenvalue weighted by Gasteiger charge is 2.79. The van der Waals surface area contributed by atoms with Gasteiger partial charge >= 0.3 is 0 Å². The number of ether oxygens (including phenoxy) is 2. The molecule has 1 saturated heterocycles. The van der Waals surface area contributed by atoms with Gasteiger partial charge in [0.25, 0.3) is 0 Å². The maximum absolute atomic E-state index is 15.6. The molecule has 5 aliphatic rings. The molecule has 3 fully saturated rings. The topological polar surface area (TPSA) is 52.6 Å². The molecule has 4 nitrogen and oxygen atoms in total. The van der Waals surface area contributed by atoms with E-state index in [-0.39, 0.29) is 36.0 Å². The summed E-state index contributed by atoms with van der Waals surface area (Å²) in [6.07, 6.45) is 0.474. The minimum Gasteiger partial charge on any atom is -0.344 e. The quantitative estimate of drug-likeness (QED) is 0.453. The highest BCUT2D eigenvalue weighted by Crippen LogP contribution is 2.74. The average molecular weight is 524 g/mol. The van der Waals surface area contributed by atoms with Crippen molar-refractivity contribution in [3.63, 3.8) is 0 Å². The molecule has 0 aromatic rings. The Morgan fingerprint density at radius 2 is 1.91 bits per heavy atom. The van der Waals surface area contributed by atoms with Crippen molar-refractivity contribution >= 4 is 46.4 Å². The van der Waals surface area contributed by atoms with E-state index in [1.165, 1.54) is 6.08 Å². The second kappa shape index (κ2) is 7.03. The van der Waals surface area contributed by atoms with Crippen molar-refractivity contribution in [1.29, 1.82) is 0 Å². The van der Waals surface area contributed by atoms with Crippen LogP contribution in [0.2, 0.25) is 0 Å². The summed E-state index contributed by atoms with van der Waals surface area (Å²) in [6.45, 7) is 7.08. The number of fused-ring (bicyclic) bond motifs is 7. The Kier molecular flexibility index (Phi) is 5.15. The van der Waals surface area contributed by atoms with Crippen molar-refractivity contribution in [2.24, 2.45) is 22.7 Å². The number of carbonyl (C=O) groups is 2. The Morgan fingerprint density at radius 3 is 2.55 bits per heavy atom. The lowest BCUT2D eigenvalue weighted by atomic mass is 9.46. The van der Waals surface area contributed by atoms with Crippen LogP contribution in [0.4, 0.5) is 8.78 Å². The number of carbonyl (C=O) groups excluding carboxylic acids is 2. The standard InChI is InChI=1S/C24H27Cl3F2O4/c1-20(2)32-17-8-11-12-7-13(28)18-19(29)14(30)5-6-21(18,3)23(12,27)15(26)9-22(11,4)24(17,33-20)16(31)10-25/h5-6,11-12,15,17,19H,7-10H2,1-4H3/t11-,12-,15-,17+,19+,21-,22-,23-,24+/m0/s1. The Hall–Kier alpha value is -0.530. The van der Waals surface area contributed by atoms with Crippen molar-refractivity contribution < 1.29 is 27.8 Å². The van der Waals surface area contributed by atoms with Gasteiger partial charge in [0.1, 0.15) is 5.83 Å². The summed E-state index contributed by atoms with van der Waals surface area (Å²) in [4.78, 5) is 24.1. The molecular formula is C24H27Cl3F2O4. The Labute approximate surface area is 207 Å². The summed E-state index contributed by atoms with van der Waals surface area (Å²) in [5.41, 5.74) is -3.69. The molecule has 0 aromatic carbocycles. The van der Waals surface area contributed by atoms with E-state index < -0.39 is 62.3 Å². The smallest absolute Gasteiger partial charge is 0.193 e. The number of Topliss-reactive ketones (excluding diaryl/α,β-unsaturated/α-hetero) is 1. The van der Waals surface area contributed by atoms with E-state index in [1.807, 2.05) is 6.92 Å². The van der Waals surface area contributed by atoms with E-state index in [2.05, 4.69) is 0 Å². The molecule has 0 bridgehead atoms. The summed E-state index contributed by atoms with van der Waals surface area (Å²) in [7, 11) is 0. The van der Waals surface area contributed by atoms with Gasteiger partial charge in [0.05, 0.1) is 22.2 Å². The molecule has 0 unspecified atom stereocenters. The van der Waals surface area contributed by atoms with Crippen LogP contribution in [0, 0.1) is 22.7 Å². The highest BCUT2D eigenvalue weighted by molar-refractivity contribution is 6.34. The largest absolute Gasteiger partial charge is 0.344 e. The summed E-state index contributed by atoms with van der Waals surface area (Å²) in [5.74, 6) is -3.86. The van der Waals surface area contributed by atoms with E-state index in [4.69, 9.17) is 44.3 Å². The predicted octanol–water partition coefficient (Wildman–Crippen LogP) is 5.43. The van der Waals surface area contributed by atoms with Crippen LogP contribution in [0.5, 0.6) is 0 Å².